The lowest BCUT2D eigenvalue weighted by atomic mass is 10.2. The maximum absolute atomic E-state index is 12.5. The SMILES string of the molecule is CN(Cc1nc(-c2ccccc2Cl)no1)C(=O)c1ccc(Cl)c([N+](=O)[O-])c1. The number of carbonyl (C=O) groups is 1. The Morgan fingerprint density at radius 3 is 2.67 bits per heavy atom. The molecule has 0 atom stereocenters. The van der Waals surface area contributed by atoms with Crippen LogP contribution < -0.4 is 0 Å². The lowest BCUT2D eigenvalue weighted by Gasteiger charge is -2.14. The van der Waals surface area contributed by atoms with Crippen LogP contribution in [0.4, 0.5) is 5.69 Å². The maximum Gasteiger partial charge on any atom is 0.288 e. The highest BCUT2D eigenvalue weighted by atomic mass is 35.5. The van der Waals surface area contributed by atoms with Gasteiger partial charge in [-0.1, -0.05) is 40.5 Å². The minimum atomic E-state index is -0.646. The number of halogens is 2. The van der Waals surface area contributed by atoms with E-state index in [-0.39, 0.29) is 28.7 Å². The zero-order chi connectivity index (χ0) is 19.6. The number of hydrogen-bond donors (Lipinski definition) is 0. The molecule has 2 aromatic carbocycles. The molecule has 8 nitrogen and oxygen atoms in total. The normalized spacial score (nSPS) is 10.6. The van der Waals surface area contributed by atoms with Gasteiger partial charge in [0.05, 0.1) is 16.5 Å². The first kappa shape index (κ1) is 18.8. The van der Waals surface area contributed by atoms with E-state index in [0.29, 0.717) is 16.4 Å². The predicted octanol–water partition coefficient (Wildman–Crippen LogP) is 4.22. The van der Waals surface area contributed by atoms with Gasteiger partial charge in [-0.3, -0.25) is 14.9 Å². The van der Waals surface area contributed by atoms with Gasteiger partial charge in [-0.05, 0) is 24.3 Å². The largest absolute Gasteiger partial charge is 0.337 e. The van der Waals surface area contributed by atoms with Crippen molar-refractivity contribution < 1.29 is 14.2 Å². The van der Waals surface area contributed by atoms with Gasteiger partial charge >= 0.3 is 0 Å². The van der Waals surface area contributed by atoms with Crippen molar-refractivity contribution in [3.8, 4) is 11.4 Å². The highest BCUT2D eigenvalue weighted by Gasteiger charge is 2.20. The average Bonchev–Trinajstić information content (AvgIpc) is 3.09. The molecule has 0 spiro atoms. The lowest BCUT2D eigenvalue weighted by Crippen LogP contribution is -2.26. The van der Waals surface area contributed by atoms with Crippen LogP contribution in [0.3, 0.4) is 0 Å². The van der Waals surface area contributed by atoms with Crippen molar-refractivity contribution in [2.45, 2.75) is 6.54 Å². The molecule has 0 unspecified atom stereocenters. The standard InChI is InChI=1S/C17H12Cl2N4O4/c1-22(17(24)10-6-7-13(19)14(8-10)23(25)26)9-15-20-16(21-27-15)11-4-2-3-5-12(11)18/h2-8H,9H2,1H3. The first-order chi connectivity index (χ1) is 12.9. The molecule has 138 valence electrons. The fourth-order valence-corrected chi connectivity index (χ4v) is 2.76. The molecular weight excluding hydrogens is 395 g/mol. The zero-order valence-electron chi connectivity index (χ0n) is 13.9. The fourth-order valence-electron chi connectivity index (χ4n) is 2.35. The second-order valence-corrected chi connectivity index (χ2v) is 6.39. The summed E-state index contributed by atoms with van der Waals surface area (Å²) in [5.74, 6) is 0.0510. The van der Waals surface area contributed by atoms with Gasteiger partial charge in [0, 0.05) is 24.2 Å². The summed E-state index contributed by atoms with van der Waals surface area (Å²) in [7, 11) is 1.52. The summed E-state index contributed by atoms with van der Waals surface area (Å²) in [6.45, 7) is 0.0205. The van der Waals surface area contributed by atoms with E-state index in [2.05, 4.69) is 10.1 Å². The monoisotopic (exact) mass is 406 g/mol. The van der Waals surface area contributed by atoms with Crippen molar-refractivity contribution in [3.05, 3.63) is 74.1 Å². The second kappa shape index (κ2) is 7.73. The number of hydrogen-bond acceptors (Lipinski definition) is 6. The molecule has 3 aromatic rings. The van der Waals surface area contributed by atoms with Gasteiger partial charge in [0.15, 0.2) is 0 Å². The molecule has 1 heterocycles. The lowest BCUT2D eigenvalue weighted by molar-refractivity contribution is -0.384. The van der Waals surface area contributed by atoms with Crippen LogP contribution in [0.2, 0.25) is 10.0 Å². The molecule has 0 aliphatic rings. The Bertz CT molecular complexity index is 1020. The van der Waals surface area contributed by atoms with Gasteiger partial charge in [0.1, 0.15) is 5.02 Å². The Hall–Kier alpha value is -2.97. The number of nitro benzene ring substituents is 1. The number of carbonyl (C=O) groups excluding carboxylic acids is 1. The Morgan fingerprint density at radius 1 is 1.22 bits per heavy atom. The molecule has 0 fully saturated rings. The molecule has 0 N–H and O–H groups in total. The minimum Gasteiger partial charge on any atom is -0.337 e. The Kier molecular flexibility index (Phi) is 5.38. The van der Waals surface area contributed by atoms with Crippen molar-refractivity contribution in [2.24, 2.45) is 0 Å². The van der Waals surface area contributed by atoms with Crippen molar-refractivity contribution in [3.63, 3.8) is 0 Å². The van der Waals surface area contributed by atoms with Crippen molar-refractivity contribution in [1.82, 2.24) is 15.0 Å². The van der Waals surface area contributed by atoms with Crippen LogP contribution in [-0.4, -0.2) is 32.9 Å². The topological polar surface area (TPSA) is 102 Å². The summed E-state index contributed by atoms with van der Waals surface area (Å²) in [5, 5.41) is 15.3. The molecule has 0 aliphatic heterocycles. The predicted molar refractivity (Wildman–Crippen MR) is 98.6 cm³/mol. The highest BCUT2D eigenvalue weighted by Crippen LogP contribution is 2.27. The number of aromatic nitrogens is 2. The van der Waals surface area contributed by atoms with Crippen LogP contribution in [0, 0.1) is 10.1 Å². The van der Waals surface area contributed by atoms with Crippen LogP contribution in [-0.2, 0) is 6.54 Å². The number of nitrogens with zero attached hydrogens (tertiary/aromatic N) is 4. The number of rotatable bonds is 5. The Balaban J connectivity index is 1.77. The third-order valence-corrected chi connectivity index (χ3v) is 4.34. The summed E-state index contributed by atoms with van der Waals surface area (Å²) < 4.78 is 5.17. The summed E-state index contributed by atoms with van der Waals surface area (Å²) in [5.41, 5.74) is 0.394. The van der Waals surface area contributed by atoms with Crippen molar-refractivity contribution in [1.29, 1.82) is 0 Å². The number of amides is 1. The Labute approximate surface area is 163 Å². The molecule has 0 aliphatic carbocycles. The maximum atomic E-state index is 12.5. The van der Waals surface area contributed by atoms with E-state index in [4.69, 9.17) is 27.7 Å². The van der Waals surface area contributed by atoms with Crippen LogP contribution in [0.15, 0.2) is 47.0 Å². The quantitative estimate of drug-likeness (QED) is 0.464. The summed E-state index contributed by atoms with van der Waals surface area (Å²) in [6.07, 6.45) is 0. The molecule has 0 saturated heterocycles. The van der Waals surface area contributed by atoms with E-state index in [1.807, 2.05) is 0 Å². The third kappa shape index (κ3) is 4.07. The molecule has 0 radical (unpaired) electrons. The van der Waals surface area contributed by atoms with E-state index in [1.165, 1.54) is 24.1 Å². The number of nitro groups is 1. The highest BCUT2D eigenvalue weighted by molar-refractivity contribution is 6.33. The summed E-state index contributed by atoms with van der Waals surface area (Å²) in [6, 6.07) is 10.9. The molecule has 27 heavy (non-hydrogen) atoms. The second-order valence-electron chi connectivity index (χ2n) is 5.58. The zero-order valence-corrected chi connectivity index (χ0v) is 15.4. The van der Waals surface area contributed by atoms with Crippen molar-refractivity contribution in [2.75, 3.05) is 7.05 Å². The van der Waals surface area contributed by atoms with Gasteiger partial charge in [0.25, 0.3) is 11.6 Å². The summed E-state index contributed by atoms with van der Waals surface area (Å²) in [4.78, 5) is 28.4. The third-order valence-electron chi connectivity index (χ3n) is 3.69. The molecule has 1 aromatic heterocycles. The summed E-state index contributed by atoms with van der Waals surface area (Å²) >= 11 is 11.9. The molecular formula is C17H12Cl2N4O4. The molecule has 0 bridgehead atoms. The van der Waals surface area contributed by atoms with Gasteiger partial charge in [-0.15, -0.1) is 0 Å². The van der Waals surface area contributed by atoms with Gasteiger partial charge < -0.3 is 9.42 Å². The average molecular weight is 407 g/mol. The van der Waals surface area contributed by atoms with E-state index in [1.54, 1.807) is 24.3 Å². The van der Waals surface area contributed by atoms with Crippen LogP contribution in [0.25, 0.3) is 11.4 Å². The molecule has 1 amide bonds. The smallest absolute Gasteiger partial charge is 0.288 e. The van der Waals surface area contributed by atoms with E-state index in [0.717, 1.165) is 6.07 Å². The van der Waals surface area contributed by atoms with Crippen LogP contribution in [0.5, 0.6) is 0 Å². The first-order valence-corrected chi connectivity index (χ1v) is 8.39. The van der Waals surface area contributed by atoms with E-state index >= 15 is 0 Å². The van der Waals surface area contributed by atoms with E-state index in [9.17, 15) is 14.9 Å². The Morgan fingerprint density at radius 2 is 1.96 bits per heavy atom. The van der Waals surface area contributed by atoms with E-state index < -0.39 is 10.8 Å². The van der Waals surface area contributed by atoms with Crippen LogP contribution in [0.1, 0.15) is 16.2 Å². The van der Waals surface area contributed by atoms with Gasteiger partial charge in [-0.2, -0.15) is 4.98 Å². The number of benzene rings is 2. The fraction of sp³-hybridized carbons (Fsp3) is 0.118. The molecule has 0 saturated carbocycles. The van der Waals surface area contributed by atoms with Crippen molar-refractivity contribution >= 4 is 34.8 Å². The first-order valence-electron chi connectivity index (χ1n) is 7.63. The van der Waals surface area contributed by atoms with Crippen LogP contribution >= 0.6 is 23.2 Å². The minimum absolute atomic E-state index is 0.0205. The van der Waals surface area contributed by atoms with Gasteiger partial charge in [-0.25, -0.2) is 0 Å². The molecule has 10 heteroatoms. The molecule has 3 rings (SSSR count). The van der Waals surface area contributed by atoms with Gasteiger partial charge in [0.2, 0.25) is 11.7 Å².